The van der Waals surface area contributed by atoms with E-state index in [2.05, 4.69) is 13.8 Å². The zero-order valence-corrected chi connectivity index (χ0v) is 24.8. The number of allylic oxidation sites excluding steroid dienone is 4. The molecule has 0 aliphatic heterocycles. The van der Waals surface area contributed by atoms with Gasteiger partial charge in [0.1, 0.15) is 0 Å². The molecule has 0 saturated carbocycles. The third kappa shape index (κ3) is 61.1. The fourth-order valence-electron chi connectivity index (χ4n) is 2.51. The molecule has 2 atom stereocenters. The molecule has 5 nitrogen and oxygen atoms in total. The van der Waals surface area contributed by atoms with Gasteiger partial charge in [-0.15, -0.1) is 0 Å². The van der Waals surface area contributed by atoms with Crippen molar-refractivity contribution < 1.29 is 37.3 Å². The van der Waals surface area contributed by atoms with Crippen molar-refractivity contribution in [3.05, 3.63) is 23.8 Å². The van der Waals surface area contributed by atoms with Crippen molar-refractivity contribution in [2.75, 3.05) is 6.61 Å². The van der Waals surface area contributed by atoms with Crippen LogP contribution in [-0.2, 0) is 0 Å². The SMILES string of the molecule is C.CC(C)(O)O.CC(C)(O)O.CCC/C=C(/F)C(C)CCCCC.CCC/C=C(/F)C(C)CCCCO.[2H][2H]. The summed E-state index contributed by atoms with van der Waals surface area (Å²) in [6.45, 7) is 15.6. The molecule has 2 unspecified atom stereocenters. The minimum atomic E-state index is -1.50. The van der Waals surface area contributed by atoms with Crippen LogP contribution in [0.3, 0.4) is 0 Å². The minimum Gasteiger partial charge on any atom is -0.396 e. The van der Waals surface area contributed by atoms with Gasteiger partial charge in [-0.3, -0.25) is 0 Å². The van der Waals surface area contributed by atoms with Crippen LogP contribution in [0.4, 0.5) is 8.78 Å². The van der Waals surface area contributed by atoms with Crippen molar-refractivity contribution >= 4 is 0 Å². The number of aliphatic hydroxyl groups excluding tert-OH is 1. The molecule has 0 radical (unpaired) electrons. The Morgan fingerprint density at radius 2 is 1.00 bits per heavy atom. The Morgan fingerprint density at radius 3 is 1.24 bits per heavy atom. The summed E-state index contributed by atoms with van der Waals surface area (Å²) in [7, 11) is 0. The number of unbranched alkanes of at least 4 members (excludes halogenated alkanes) is 5. The van der Waals surface area contributed by atoms with E-state index < -0.39 is 11.6 Å². The van der Waals surface area contributed by atoms with Gasteiger partial charge in [0.25, 0.3) is 0 Å². The zero-order valence-electron chi connectivity index (χ0n) is 26.8. The van der Waals surface area contributed by atoms with Gasteiger partial charge in [0.2, 0.25) is 0 Å². The average Bonchev–Trinajstić information content (AvgIpc) is 2.80. The Kier molecular flexibility index (Phi) is 34.7. The van der Waals surface area contributed by atoms with E-state index in [-0.39, 0.29) is 37.5 Å². The monoisotopic (exact) mass is 547 g/mol. The molecule has 0 saturated heterocycles. The molecule has 0 aromatic carbocycles. The van der Waals surface area contributed by atoms with E-state index in [1.165, 1.54) is 40.5 Å². The van der Waals surface area contributed by atoms with Crippen LogP contribution in [0, 0.1) is 11.8 Å². The Morgan fingerprint density at radius 1 is 0.703 bits per heavy atom. The minimum absolute atomic E-state index is 0. The maximum Gasteiger partial charge on any atom is 0.156 e. The summed E-state index contributed by atoms with van der Waals surface area (Å²) in [5.41, 5.74) is 0. The zero-order chi connectivity index (χ0) is 31.2. The summed E-state index contributed by atoms with van der Waals surface area (Å²) < 4.78 is 36.5. The second-order valence-electron chi connectivity index (χ2n) is 10.3. The van der Waals surface area contributed by atoms with Crippen LogP contribution in [0.25, 0.3) is 0 Å². The van der Waals surface area contributed by atoms with Gasteiger partial charge >= 0.3 is 0 Å². The van der Waals surface area contributed by atoms with E-state index in [0.717, 1.165) is 57.8 Å². The van der Waals surface area contributed by atoms with E-state index in [1.807, 2.05) is 20.8 Å². The van der Waals surface area contributed by atoms with Gasteiger partial charge in [0.15, 0.2) is 11.6 Å². The second kappa shape index (κ2) is 29.7. The first-order chi connectivity index (χ1) is 17.4. The number of aliphatic hydroxyl groups is 5. The largest absolute Gasteiger partial charge is 0.396 e. The molecule has 0 aliphatic carbocycles. The van der Waals surface area contributed by atoms with Gasteiger partial charge in [0, 0.05) is 21.4 Å². The number of hydrogen-bond donors (Lipinski definition) is 5. The second-order valence-corrected chi connectivity index (χ2v) is 10.3. The highest BCUT2D eigenvalue weighted by Crippen LogP contribution is 2.20. The van der Waals surface area contributed by atoms with Crippen LogP contribution in [0.1, 0.15) is 143 Å². The highest BCUT2D eigenvalue weighted by atomic mass is 19.1. The molecule has 0 bridgehead atoms. The van der Waals surface area contributed by atoms with Crippen LogP contribution < -0.4 is 0 Å². The summed E-state index contributed by atoms with van der Waals surface area (Å²) in [6, 6.07) is 0. The standard InChI is InChI=1S/C12H23F.C11H21FO.2C3H8O2.CH4.H2/c1-4-6-8-9-11(3)12(13)10-7-5-2;1-3-4-8-11(12)10(2)7-5-6-9-13;2*1-3(2,4)5;;/h10-11H,4-9H2,1-3H3;8,10,13H,3-7,9H2,1-2H3;2*4-5H,1-2H3;1H4;1H/b12-10+;11-8+;;;;/i;;;;;1+1D. The topological polar surface area (TPSA) is 101 Å². The van der Waals surface area contributed by atoms with Crippen LogP contribution in [0.15, 0.2) is 23.8 Å². The molecular formula is C30H66F2O5. The molecule has 7 heteroatoms. The summed E-state index contributed by atoms with van der Waals surface area (Å²) in [5, 5.41) is 40.9. The number of hydrogen-bond acceptors (Lipinski definition) is 5. The number of rotatable bonds is 14. The van der Waals surface area contributed by atoms with Crippen molar-refractivity contribution in [2.45, 2.75) is 152 Å². The van der Waals surface area contributed by atoms with Crippen LogP contribution in [0.5, 0.6) is 0 Å². The van der Waals surface area contributed by atoms with Gasteiger partial charge in [-0.05, 0) is 59.8 Å². The first-order valence-corrected chi connectivity index (χ1v) is 13.7. The van der Waals surface area contributed by atoms with Crippen molar-refractivity contribution in [2.24, 2.45) is 11.8 Å². The molecule has 0 fully saturated rings. The van der Waals surface area contributed by atoms with Crippen molar-refractivity contribution in [1.29, 1.82) is 0 Å². The molecule has 230 valence electrons. The Hall–Kier alpha value is -0.860. The lowest BCUT2D eigenvalue weighted by Crippen LogP contribution is -2.15. The summed E-state index contributed by atoms with van der Waals surface area (Å²) in [4.78, 5) is 0. The van der Waals surface area contributed by atoms with E-state index in [9.17, 15) is 8.78 Å². The molecule has 0 aromatic heterocycles. The highest BCUT2D eigenvalue weighted by molar-refractivity contribution is 4.96. The predicted octanol–water partition coefficient (Wildman–Crippen LogP) is 8.59. The summed E-state index contributed by atoms with van der Waals surface area (Å²) >= 11 is 0. The number of halogens is 2. The van der Waals surface area contributed by atoms with Crippen molar-refractivity contribution in [3.8, 4) is 0 Å². The highest BCUT2D eigenvalue weighted by Gasteiger charge is 2.07. The van der Waals surface area contributed by atoms with Crippen molar-refractivity contribution in [1.82, 2.24) is 0 Å². The lowest BCUT2D eigenvalue weighted by Gasteiger charge is -2.08. The van der Waals surface area contributed by atoms with E-state index in [1.54, 1.807) is 12.2 Å². The average molecular weight is 547 g/mol. The molecule has 0 heterocycles. The fourth-order valence-corrected chi connectivity index (χ4v) is 2.51. The lowest BCUT2D eigenvalue weighted by atomic mass is 10.0. The molecule has 0 rings (SSSR count). The van der Waals surface area contributed by atoms with E-state index in [4.69, 9.17) is 28.5 Å². The van der Waals surface area contributed by atoms with Gasteiger partial charge in [-0.1, -0.05) is 92.7 Å². The molecule has 0 spiro atoms. The maximum atomic E-state index is 13.3. The third-order valence-corrected chi connectivity index (χ3v) is 4.48. The first-order valence-electron chi connectivity index (χ1n) is 14.7. The quantitative estimate of drug-likeness (QED) is 0.111. The van der Waals surface area contributed by atoms with Gasteiger partial charge in [0.05, 0.1) is 11.7 Å². The smallest absolute Gasteiger partial charge is 0.156 e. The lowest BCUT2D eigenvalue weighted by molar-refractivity contribution is -0.128. The predicted molar refractivity (Wildman–Crippen MR) is 157 cm³/mol. The Bertz CT molecular complexity index is 462. The van der Waals surface area contributed by atoms with Crippen LogP contribution in [0.2, 0.25) is 0 Å². The molecular weight excluding hydrogens is 478 g/mol. The van der Waals surface area contributed by atoms with E-state index >= 15 is 0 Å². The Labute approximate surface area is 231 Å². The molecule has 0 aliphatic rings. The van der Waals surface area contributed by atoms with Crippen molar-refractivity contribution in [3.63, 3.8) is 0 Å². The first kappa shape index (κ1) is 43.2. The molecule has 37 heavy (non-hydrogen) atoms. The molecule has 0 aromatic rings. The van der Waals surface area contributed by atoms with Crippen LogP contribution in [-0.4, -0.2) is 43.7 Å². The molecule has 0 amide bonds. The Balaban J connectivity index is -0.0000000978. The third-order valence-electron chi connectivity index (χ3n) is 4.48. The van der Waals surface area contributed by atoms with Gasteiger partial charge < -0.3 is 25.5 Å². The van der Waals surface area contributed by atoms with E-state index in [0.29, 0.717) is 0 Å². The van der Waals surface area contributed by atoms with Crippen LogP contribution >= 0.6 is 0 Å². The summed E-state index contributed by atoms with van der Waals surface area (Å²) in [5.74, 6) is -2.73. The fraction of sp³-hybridized carbons (Fsp3) is 0.867. The normalized spacial score (nSPS) is 13.7. The van der Waals surface area contributed by atoms with Gasteiger partial charge in [-0.2, -0.15) is 0 Å². The maximum absolute atomic E-state index is 13.3. The van der Waals surface area contributed by atoms with Gasteiger partial charge in [-0.25, -0.2) is 8.78 Å². The summed E-state index contributed by atoms with van der Waals surface area (Å²) in [6.07, 6.45) is 14.3. The molecule has 5 N–H and O–H groups in total.